The Bertz CT molecular complexity index is 326. The van der Waals surface area contributed by atoms with Crippen LogP contribution in [0.15, 0.2) is 18.2 Å². The van der Waals surface area contributed by atoms with Crippen LogP contribution in [-0.4, -0.2) is 20.2 Å². The van der Waals surface area contributed by atoms with E-state index in [1.54, 1.807) is 7.11 Å². The Morgan fingerprint density at radius 3 is 3.00 bits per heavy atom. The molecule has 1 aliphatic heterocycles. The maximum atomic E-state index is 13.0. The van der Waals surface area contributed by atoms with Gasteiger partial charge in [-0.15, -0.1) is 0 Å². The molecule has 2 rings (SSSR count). The molecule has 1 aromatic carbocycles. The summed E-state index contributed by atoms with van der Waals surface area (Å²) in [6, 6.07) is 5.63. The molecule has 16 heavy (non-hydrogen) atoms. The first-order valence-electron chi connectivity index (χ1n) is 5.79. The van der Waals surface area contributed by atoms with Gasteiger partial charge in [0.1, 0.15) is 12.4 Å². The topological polar surface area (TPSA) is 21.3 Å². The summed E-state index contributed by atoms with van der Waals surface area (Å²) in [6.07, 6.45) is 2.26. The van der Waals surface area contributed by atoms with Gasteiger partial charge in [-0.2, -0.15) is 0 Å². The lowest BCUT2D eigenvalue weighted by Crippen LogP contribution is -2.29. The van der Waals surface area contributed by atoms with Crippen molar-refractivity contribution < 1.29 is 9.13 Å². The van der Waals surface area contributed by atoms with Gasteiger partial charge >= 0.3 is 0 Å². The van der Waals surface area contributed by atoms with Crippen LogP contribution >= 0.6 is 0 Å². The maximum absolute atomic E-state index is 13.0. The number of hydrogen-bond acceptors (Lipinski definition) is 2. The Hall–Kier alpha value is -1.09. The molecule has 0 radical (unpaired) electrons. The number of rotatable bonds is 3. The second kappa shape index (κ2) is 5.30. The summed E-state index contributed by atoms with van der Waals surface area (Å²) in [4.78, 5) is 0. The molecule has 88 valence electrons. The average molecular weight is 223 g/mol. The third-order valence-corrected chi connectivity index (χ3v) is 3.23. The van der Waals surface area contributed by atoms with Crippen LogP contribution in [0.4, 0.5) is 4.39 Å². The zero-order valence-electron chi connectivity index (χ0n) is 9.63. The highest BCUT2D eigenvalue weighted by atomic mass is 19.1. The van der Waals surface area contributed by atoms with Crippen molar-refractivity contribution in [3.05, 3.63) is 29.3 Å². The Kier molecular flexibility index (Phi) is 3.78. The third-order valence-electron chi connectivity index (χ3n) is 3.23. The van der Waals surface area contributed by atoms with Crippen molar-refractivity contribution in [2.45, 2.75) is 25.4 Å². The largest absolute Gasteiger partial charge is 0.496 e. The molecule has 1 aliphatic rings. The number of piperidine rings is 1. The molecule has 1 atom stereocenters. The van der Waals surface area contributed by atoms with Crippen LogP contribution in [0, 0.1) is 0 Å². The highest BCUT2D eigenvalue weighted by molar-refractivity contribution is 5.43. The van der Waals surface area contributed by atoms with E-state index in [1.807, 2.05) is 18.2 Å². The van der Waals surface area contributed by atoms with E-state index in [9.17, 15) is 4.39 Å². The molecular formula is C13H18FNO. The van der Waals surface area contributed by atoms with Gasteiger partial charge in [0.05, 0.1) is 7.11 Å². The van der Waals surface area contributed by atoms with Crippen molar-refractivity contribution in [1.29, 1.82) is 0 Å². The monoisotopic (exact) mass is 223 g/mol. The van der Waals surface area contributed by atoms with Gasteiger partial charge in [0.2, 0.25) is 0 Å². The second-order valence-corrected chi connectivity index (χ2v) is 4.21. The first kappa shape index (κ1) is 11.4. The van der Waals surface area contributed by atoms with Gasteiger partial charge in [-0.3, -0.25) is 0 Å². The fourth-order valence-electron chi connectivity index (χ4n) is 2.45. The minimum Gasteiger partial charge on any atom is -0.496 e. The molecule has 1 aromatic rings. The van der Waals surface area contributed by atoms with E-state index in [1.165, 1.54) is 0 Å². The van der Waals surface area contributed by atoms with Crippen LogP contribution in [-0.2, 0) is 6.67 Å². The van der Waals surface area contributed by atoms with E-state index in [0.717, 1.165) is 42.8 Å². The Morgan fingerprint density at radius 2 is 2.38 bits per heavy atom. The molecule has 1 fully saturated rings. The minimum absolute atomic E-state index is 0.385. The normalized spacial score (nSPS) is 20.8. The van der Waals surface area contributed by atoms with Gasteiger partial charge in [-0.25, -0.2) is 4.39 Å². The predicted molar refractivity (Wildman–Crippen MR) is 62.7 cm³/mol. The highest BCUT2D eigenvalue weighted by Gasteiger charge is 2.21. The van der Waals surface area contributed by atoms with E-state index in [4.69, 9.17) is 4.74 Å². The van der Waals surface area contributed by atoms with Crippen LogP contribution < -0.4 is 10.1 Å². The molecule has 0 saturated carbocycles. The SMILES string of the molecule is COc1cccc(CF)c1C1CCCNC1. The Morgan fingerprint density at radius 1 is 1.50 bits per heavy atom. The number of benzene rings is 1. The van der Waals surface area contributed by atoms with E-state index in [2.05, 4.69) is 5.32 Å². The molecule has 0 bridgehead atoms. The summed E-state index contributed by atoms with van der Waals surface area (Å²) in [5.41, 5.74) is 1.83. The number of ether oxygens (including phenoxy) is 1. The summed E-state index contributed by atoms with van der Waals surface area (Å²) >= 11 is 0. The molecule has 1 saturated heterocycles. The summed E-state index contributed by atoms with van der Waals surface area (Å²) in [5, 5.41) is 3.36. The lowest BCUT2D eigenvalue weighted by atomic mass is 9.88. The standard InChI is InChI=1S/C13H18FNO/c1-16-12-6-2-4-10(8-14)13(12)11-5-3-7-15-9-11/h2,4,6,11,15H,3,5,7-9H2,1H3. The quantitative estimate of drug-likeness (QED) is 0.850. The molecule has 3 heteroatoms. The molecular weight excluding hydrogens is 205 g/mol. The van der Waals surface area contributed by atoms with Gasteiger partial charge in [-0.1, -0.05) is 12.1 Å². The molecule has 1 N–H and O–H groups in total. The molecule has 1 unspecified atom stereocenters. The lowest BCUT2D eigenvalue weighted by molar-refractivity contribution is 0.385. The van der Waals surface area contributed by atoms with E-state index < -0.39 is 6.67 Å². The Balaban J connectivity index is 2.34. The zero-order chi connectivity index (χ0) is 11.4. The lowest BCUT2D eigenvalue weighted by Gasteiger charge is -2.26. The fourth-order valence-corrected chi connectivity index (χ4v) is 2.45. The molecule has 0 aromatic heterocycles. The molecule has 0 amide bonds. The fraction of sp³-hybridized carbons (Fsp3) is 0.538. The minimum atomic E-state index is -0.414. The van der Waals surface area contributed by atoms with E-state index in [-0.39, 0.29) is 0 Å². The number of nitrogens with one attached hydrogen (secondary N) is 1. The van der Waals surface area contributed by atoms with Gasteiger partial charge in [-0.05, 0) is 31.0 Å². The van der Waals surface area contributed by atoms with Crippen molar-refractivity contribution in [2.24, 2.45) is 0 Å². The molecule has 2 nitrogen and oxygen atoms in total. The van der Waals surface area contributed by atoms with Crippen molar-refractivity contribution in [2.75, 3.05) is 20.2 Å². The van der Waals surface area contributed by atoms with Crippen LogP contribution in [0.25, 0.3) is 0 Å². The predicted octanol–water partition coefficient (Wildman–Crippen LogP) is 2.63. The van der Waals surface area contributed by atoms with Crippen molar-refractivity contribution >= 4 is 0 Å². The van der Waals surface area contributed by atoms with Gasteiger partial charge in [0.25, 0.3) is 0 Å². The summed E-state index contributed by atoms with van der Waals surface area (Å²) in [6.45, 7) is 1.58. The van der Waals surface area contributed by atoms with E-state index >= 15 is 0 Å². The average Bonchev–Trinajstić information content (AvgIpc) is 2.38. The molecule has 0 aliphatic carbocycles. The van der Waals surface area contributed by atoms with Crippen LogP contribution in [0.5, 0.6) is 5.75 Å². The first-order chi connectivity index (χ1) is 7.86. The zero-order valence-corrected chi connectivity index (χ0v) is 9.63. The third kappa shape index (κ3) is 2.19. The summed E-state index contributed by atoms with van der Waals surface area (Å²) < 4.78 is 18.3. The summed E-state index contributed by atoms with van der Waals surface area (Å²) in [7, 11) is 1.65. The highest BCUT2D eigenvalue weighted by Crippen LogP contribution is 2.34. The number of alkyl halides is 1. The van der Waals surface area contributed by atoms with Crippen LogP contribution in [0.2, 0.25) is 0 Å². The number of halogens is 1. The molecule has 1 heterocycles. The van der Waals surface area contributed by atoms with Gasteiger partial charge in [0, 0.05) is 18.0 Å². The van der Waals surface area contributed by atoms with Gasteiger partial charge < -0.3 is 10.1 Å². The van der Waals surface area contributed by atoms with Gasteiger partial charge in [0.15, 0.2) is 0 Å². The Labute approximate surface area is 95.8 Å². The maximum Gasteiger partial charge on any atom is 0.122 e. The second-order valence-electron chi connectivity index (χ2n) is 4.21. The van der Waals surface area contributed by atoms with Crippen LogP contribution in [0.3, 0.4) is 0 Å². The molecule has 0 spiro atoms. The van der Waals surface area contributed by atoms with Crippen molar-refractivity contribution in [3.63, 3.8) is 0 Å². The number of hydrogen-bond donors (Lipinski definition) is 1. The van der Waals surface area contributed by atoms with Crippen molar-refractivity contribution in [3.8, 4) is 5.75 Å². The number of methoxy groups -OCH3 is 1. The first-order valence-corrected chi connectivity index (χ1v) is 5.79. The smallest absolute Gasteiger partial charge is 0.122 e. The van der Waals surface area contributed by atoms with Crippen molar-refractivity contribution in [1.82, 2.24) is 5.32 Å². The van der Waals surface area contributed by atoms with E-state index in [0.29, 0.717) is 5.92 Å². The van der Waals surface area contributed by atoms with Crippen LogP contribution in [0.1, 0.15) is 29.9 Å². The summed E-state index contributed by atoms with van der Waals surface area (Å²) in [5.74, 6) is 1.21.